The van der Waals surface area contributed by atoms with Crippen molar-refractivity contribution in [3.63, 3.8) is 0 Å². The Kier molecular flexibility index (Phi) is 8.71. The summed E-state index contributed by atoms with van der Waals surface area (Å²) in [4.78, 5) is 17.2. The van der Waals surface area contributed by atoms with Crippen molar-refractivity contribution >= 4 is 5.91 Å². The normalized spacial score (nSPS) is 20.0. The Morgan fingerprint density at radius 3 is 2.36 bits per heavy atom. The van der Waals surface area contributed by atoms with Crippen LogP contribution in [0.15, 0.2) is 42.5 Å². The maximum atomic E-state index is 12.6. The molecule has 2 fully saturated rings. The van der Waals surface area contributed by atoms with Gasteiger partial charge in [-0.25, -0.2) is 0 Å². The van der Waals surface area contributed by atoms with Crippen molar-refractivity contribution < 1.29 is 19.0 Å². The molecule has 2 bridgehead atoms. The van der Waals surface area contributed by atoms with Crippen LogP contribution in [0.2, 0.25) is 0 Å². The highest BCUT2D eigenvalue weighted by atomic mass is 16.5. The fraction of sp³-hybridized carbons (Fsp3) is 0.517. The fourth-order valence-corrected chi connectivity index (χ4v) is 5.52. The van der Waals surface area contributed by atoms with Gasteiger partial charge >= 0.3 is 0 Å². The van der Waals surface area contributed by atoms with Gasteiger partial charge in [0.25, 0.3) is 0 Å². The molecule has 192 valence electrons. The van der Waals surface area contributed by atoms with Gasteiger partial charge in [-0.1, -0.05) is 19.1 Å². The summed E-state index contributed by atoms with van der Waals surface area (Å²) >= 11 is 0. The number of aryl methyl sites for hydroxylation is 1. The highest BCUT2D eigenvalue weighted by molar-refractivity contribution is 5.76. The number of benzene rings is 2. The number of nitriles is 1. The van der Waals surface area contributed by atoms with Crippen LogP contribution in [-0.4, -0.2) is 61.3 Å². The van der Waals surface area contributed by atoms with E-state index in [9.17, 15) is 4.79 Å². The number of piperazine rings is 1. The van der Waals surface area contributed by atoms with Crippen molar-refractivity contribution in [3.8, 4) is 23.3 Å². The minimum Gasteiger partial charge on any atom is -0.493 e. The van der Waals surface area contributed by atoms with Gasteiger partial charge in [0.2, 0.25) is 5.91 Å². The van der Waals surface area contributed by atoms with Crippen LogP contribution in [0.25, 0.3) is 0 Å². The zero-order valence-corrected chi connectivity index (χ0v) is 21.6. The molecule has 36 heavy (non-hydrogen) atoms. The van der Waals surface area contributed by atoms with Crippen LogP contribution in [0.1, 0.15) is 56.6 Å². The summed E-state index contributed by atoms with van der Waals surface area (Å²) in [6.45, 7) is 3.61. The molecule has 2 aliphatic heterocycles. The molecule has 2 aromatic carbocycles. The molecule has 0 radical (unpaired) electrons. The number of hydrogen-bond acceptors (Lipinski definition) is 6. The molecular formula is C29H37N3O4. The lowest BCUT2D eigenvalue weighted by Crippen LogP contribution is -2.59. The zero-order valence-electron chi connectivity index (χ0n) is 21.6. The number of fused-ring (bicyclic) bond motifs is 2. The van der Waals surface area contributed by atoms with Gasteiger partial charge in [-0.3, -0.25) is 9.69 Å². The standard InChI is InChI=1S/C29H37N3O4/c1-4-6-28(33)31-19-23-13-14-24(20-31)32(23)29(8-5-7-21-9-11-22(18-30)12-10-21)36-25-15-16-26(34-2)27(17-25)35-3/h9-12,15-17,23-24,29H,4-8,13-14,19-20H2,1-3H3. The van der Waals surface area contributed by atoms with E-state index in [4.69, 9.17) is 19.5 Å². The number of ether oxygens (including phenoxy) is 3. The third-order valence-electron chi connectivity index (χ3n) is 7.31. The Balaban J connectivity index is 1.49. The second kappa shape index (κ2) is 12.1. The number of likely N-dealkylation sites (tertiary alicyclic amines) is 1. The molecule has 2 saturated heterocycles. The van der Waals surface area contributed by atoms with Gasteiger partial charge in [-0.15, -0.1) is 0 Å². The monoisotopic (exact) mass is 491 g/mol. The second-order valence-electron chi connectivity index (χ2n) is 9.67. The first-order valence-corrected chi connectivity index (χ1v) is 13.0. The first-order chi connectivity index (χ1) is 17.6. The average Bonchev–Trinajstić information content (AvgIpc) is 3.16. The SMILES string of the molecule is CCCC(=O)N1CC2CCC(C1)N2C(CCCc1ccc(C#N)cc1)Oc1ccc(OC)c(OC)c1. The average molecular weight is 492 g/mol. The molecule has 3 unspecified atom stereocenters. The molecule has 4 rings (SSSR count). The highest BCUT2D eigenvalue weighted by Gasteiger charge is 2.45. The number of methoxy groups -OCH3 is 2. The Bertz CT molecular complexity index is 1050. The van der Waals surface area contributed by atoms with Crippen molar-refractivity contribution in [2.24, 2.45) is 0 Å². The Morgan fingerprint density at radius 1 is 1.06 bits per heavy atom. The molecule has 7 nitrogen and oxygen atoms in total. The van der Waals surface area contributed by atoms with Crippen LogP contribution in [0, 0.1) is 11.3 Å². The Hall–Kier alpha value is -3.24. The molecule has 0 N–H and O–H groups in total. The quantitative estimate of drug-likeness (QED) is 0.450. The smallest absolute Gasteiger partial charge is 0.222 e. The molecule has 2 aromatic rings. The lowest BCUT2D eigenvalue weighted by molar-refractivity contribution is -0.138. The summed E-state index contributed by atoms with van der Waals surface area (Å²) in [5.74, 6) is 2.33. The molecule has 0 aromatic heterocycles. The summed E-state index contributed by atoms with van der Waals surface area (Å²) in [5, 5.41) is 9.06. The first kappa shape index (κ1) is 25.8. The molecule has 0 aliphatic carbocycles. The maximum Gasteiger partial charge on any atom is 0.222 e. The minimum absolute atomic E-state index is 0.0950. The van der Waals surface area contributed by atoms with E-state index in [0.717, 1.165) is 57.4 Å². The largest absolute Gasteiger partial charge is 0.493 e. The first-order valence-electron chi connectivity index (χ1n) is 13.0. The molecule has 1 amide bonds. The van der Waals surface area contributed by atoms with E-state index in [1.54, 1.807) is 14.2 Å². The number of rotatable bonds is 11. The van der Waals surface area contributed by atoms with Crippen LogP contribution in [0.4, 0.5) is 0 Å². The van der Waals surface area contributed by atoms with Crippen molar-refractivity contribution in [2.75, 3.05) is 27.3 Å². The molecule has 3 atom stereocenters. The Morgan fingerprint density at radius 2 is 1.75 bits per heavy atom. The summed E-state index contributed by atoms with van der Waals surface area (Å²) in [7, 11) is 3.25. The third-order valence-corrected chi connectivity index (χ3v) is 7.31. The van der Waals surface area contributed by atoms with Gasteiger partial charge in [0.1, 0.15) is 5.75 Å². The minimum atomic E-state index is -0.0950. The zero-order chi connectivity index (χ0) is 25.5. The van der Waals surface area contributed by atoms with Crippen molar-refractivity contribution in [3.05, 3.63) is 53.6 Å². The predicted molar refractivity (Wildman–Crippen MR) is 138 cm³/mol. The number of carbonyl (C=O) groups excluding carboxylic acids is 1. The predicted octanol–water partition coefficient (Wildman–Crippen LogP) is 4.78. The summed E-state index contributed by atoms with van der Waals surface area (Å²) < 4.78 is 17.5. The fourth-order valence-electron chi connectivity index (χ4n) is 5.52. The van der Waals surface area contributed by atoms with E-state index >= 15 is 0 Å². The van der Waals surface area contributed by atoms with E-state index in [1.807, 2.05) is 42.5 Å². The molecule has 2 heterocycles. The summed E-state index contributed by atoms with van der Waals surface area (Å²) in [6, 6.07) is 16.3. The molecule has 7 heteroatoms. The number of nitrogens with zero attached hydrogens (tertiary/aromatic N) is 3. The van der Waals surface area contributed by atoms with Gasteiger partial charge < -0.3 is 19.1 Å². The second-order valence-corrected chi connectivity index (χ2v) is 9.67. The summed E-state index contributed by atoms with van der Waals surface area (Å²) in [5.41, 5.74) is 1.90. The maximum absolute atomic E-state index is 12.6. The number of amides is 1. The van der Waals surface area contributed by atoms with Gasteiger partial charge in [-0.05, 0) is 68.4 Å². The van der Waals surface area contributed by atoms with E-state index in [0.29, 0.717) is 35.6 Å². The topological polar surface area (TPSA) is 75.0 Å². The third kappa shape index (κ3) is 5.93. The van der Waals surface area contributed by atoms with Crippen LogP contribution >= 0.6 is 0 Å². The van der Waals surface area contributed by atoms with Crippen molar-refractivity contribution in [1.29, 1.82) is 5.26 Å². The highest BCUT2D eigenvalue weighted by Crippen LogP contribution is 2.36. The van der Waals surface area contributed by atoms with Gasteiger partial charge in [0.05, 0.1) is 25.9 Å². The van der Waals surface area contributed by atoms with Crippen LogP contribution < -0.4 is 14.2 Å². The van der Waals surface area contributed by atoms with Gasteiger partial charge in [-0.2, -0.15) is 5.26 Å². The van der Waals surface area contributed by atoms with E-state index in [2.05, 4.69) is 22.8 Å². The molecule has 0 saturated carbocycles. The molecular weight excluding hydrogens is 454 g/mol. The van der Waals surface area contributed by atoms with Gasteiger partial charge in [0, 0.05) is 37.7 Å². The lowest BCUT2D eigenvalue weighted by Gasteiger charge is -2.44. The number of hydrogen-bond donors (Lipinski definition) is 0. The van der Waals surface area contributed by atoms with E-state index in [-0.39, 0.29) is 12.1 Å². The van der Waals surface area contributed by atoms with Crippen LogP contribution in [-0.2, 0) is 11.2 Å². The lowest BCUT2D eigenvalue weighted by atomic mass is 10.0. The number of carbonyl (C=O) groups is 1. The molecule has 0 spiro atoms. The Labute approximate surface area is 214 Å². The molecule has 2 aliphatic rings. The summed E-state index contributed by atoms with van der Waals surface area (Å²) in [6.07, 6.45) is 6.32. The van der Waals surface area contributed by atoms with E-state index in [1.165, 1.54) is 5.56 Å². The van der Waals surface area contributed by atoms with Crippen LogP contribution in [0.5, 0.6) is 17.2 Å². The van der Waals surface area contributed by atoms with E-state index < -0.39 is 0 Å². The van der Waals surface area contributed by atoms with Crippen molar-refractivity contribution in [1.82, 2.24) is 9.80 Å². The van der Waals surface area contributed by atoms with Crippen LogP contribution in [0.3, 0.4) is 0 Å². The van der Waals surface area contributed by atoms with Gasteiger partial charge in [0.15, 0.2) is 17.7 Å². The van der Waals surface area contributed by atoms with Crippen molar-refractivity contribution in [2.45, 2.75) is 70.2 Å².